The summed E-state index contributed by atoms with van der Waals surface area (Å²) in [5.41, 5.74) is 0. The van der Waals surface area contributed by atoms with Crippen LogP contribution in [0.15, 0.2) is 22.6 Å². The van der Waals surface area contributed by atoms with Gasteiger partial charge in [-0.3, -0.25) is 4.90 Å². The zero-order chi connectivity index (χ0) is 15.7. The van der Waals surface area contributed by atoms with Crippen molar-refractivity contribution in [2.24, 2.45) is 0 Å². The van der Waals surface area contributed by atoms with Crippen LogP contribution >= 0.6 is 23.2 Å². The van der Waals surface area contributed by atoms with Gasteiger partial charge < -0.3 is 9.15 Å². The first kappa shape index (κ1) is 15.6. The highest BCUT2D eigenvalue weighted by Crippen LogP contribution is 2.29. The van der Waals surface area contributed by atoms with Crippen LogP contribution in [0.1, 0.15) is 31.2 Å². The summed E-state index contributed by atoms with van der Waals surface area (Å²) in [4.78, 5) is 2.27. The Kier molecular flexibility index (Phi) is 4.57. The van der Waals surface area contributed by atoms with Crippen molar-refractivity contribution in [1.82, 2.24) is 15.1 Å². The summed E-state index contributed by atoms with van der Waals surface area (Å²) >= 11 is 11.9. The van der Waals surface area contributed by atoms with Crippen LogP contribution in [0.25, 0.3) is 0 Å². The van der Waals surface area contributed by atoms with Crippen LogP contribution < -0.4 is 4.74 Å². The van der Waals surface area contributed by atoms with Crippen molar-refractivity contribution < 1.29 is 9.15 Å². The maximum atomic E-state index is 6.01. The van der Waals surface area contributed by atoms with E-state index in [1.807, 2.05) is 6.07 Å². The van der Waals surface area contributed by atoms with Crippen molar-refractivity contribution in [2.45, 2.75) is 32.4 Å². The molecule has 118 valence electrons. The molecule has 0 bridgehead atoms. The van der Waals surface area contributed by atoms with Gasteiger partial charge in [-0.05, 0) is 25.5 Å². The van der Waals surface area contributed by atoms with Crippen molar-refractivity contribution in [1.29, 1.82) is 0 Å². The number of halogens is 2. The van der Waals surface area contributed by atoms with E-state index in [9.17, 15) is 0 Å². The summed E-state index contributed by atoms with van der Waals surface area (Å²) in [5.74, 6) is 1.97. The van der Waals surface area contributed by atoms with E-state index in [1.165, 1.54) is 0 Å². The third-order valence-corrected chi connectivity index (χ3v) is 4.56. The van der Waals surface area contributed by atoms with Gasteiger partial charge in [-0.2, -0.15) is 0 Å². The molecule has 1 fully saturated rings. The highest BCUT2D eigenvalue weighted by atomic mass is 35.5. The lowest BCUT2D eigenvalue weighted by Gasteiger charge is -2.21. The average Bonchev–Trinajstić information content (AvgIpc) is 3.11. The molecule has 2 aromatic rings. The van der Waals surface area contributed by atoms with Crippen molar-refractivity contribution in [3.8, 4) is 5.75 Å². The summed E-state index contributed by atoms with van der Waals surface area (Å²) in [5, 5.41) is 9.00. The maximum absolute atomic E-state index is 6.01. The summed E-state index contributed by atoms with van der Waals surface area (Å²) in [6, 6.07) is 5.41. The molecule has 5 nitrogen and oxygen atoms in total. The number of aromatic nitrogens is 2. The van der Waals surface area contributed by atoms with E-state index in [4.69, 9.17) is 32.4 Å². The van der Waals surface area contributed by atoms with Crippen LogP contribution in [0.4, 0.5) is 0 Å². The third-order valence-electron chi connectivity index (χ3n) is 3.82. The van der Waals surface area contributed by atoms with Gasteiger partial charge in [-0.1, -0.05) is 23.2 Å². The first-order valence-electron chi connectivity index (χ1n) is 7.18. The van der Waals surface area contributed by atoms with E-state index in [-0.39, 0.29) is 12.1 Å². The van der Waals surface area contributed by atoms with Gasteiger partial charge in [0.15, 0.2) is 0 Å². The van der Waals surface area contributed by atoms with E-state index in [2.05, 4.69) is 22.0 Å². The lowest BCUT2D eigenvalue weighted by molar-refractivity contribution is 0.170. The fourth-order valence-electron chi connectivity index (χ4n) is 2.58. The molecule has 1 saturated heterocycles. The van der Waals surface area contributed by atoms with Gasteiger partial charge in [0.2, 0.25) is 11.8 Å². The summed E-state index contributed by atoms with van der Waals surface area (Å²) in [6.45, 7) is 5.59. The molecule has 0 amide bonds. The molecule has 22 heavy (non-hydrogen) atoms. The van der Waals surface area contributed by atoms with Crippen LogP contribution in [-0.4, -0.2) is 34.3 Å². The van der Waals surface area contributed by atoms with Crippen molar-refractivity contribution in [3.63, 3.8) is 0 Å². The second-order valence-corrected chi connectivity index (χ2v) is 6.25. The Hall–Kier alpha value is -1.30. The van der Waals surface area contributed by atoms with Crippen molar-refractivity contribution >= 4 is 23.2 Å². The van der Waals surface area contributed by atoms with E-state index in [0.717, 1.165) is 25.3 Å². The molecule has 0 unspecified atom stereocenters. The highest BCUT2D eigenvalue weighted by Gasteiger charge is 2.30. The van der Waals surface area contributed by atoms with Crippen molar-refractivity contribution in [2.75, 3.05) is 13.1 Å². The number of hydrogen-bond acceptors (Lipinski definition) is 5. The molecule has 2 atom stereocenters. The fraction of sp³-hybridized carbons (Fsp3) is 0.467. The molecule has 0 N–H and O–H groups in total. The second kappa shape index (κ2) is 6.44. The highest BCUT2D eigenvalue weighted by molar-refractivity contribution is 6.42. The zero-order valence-corrected chi connectivity index (χ0v) is 13.9. The molecule has 0 spiro atoms. The lowest BCUT2D eigenvalue weighted by atomic mass is 10.3. The van der Waals surface area contributed by atoms with E-state index < -0.39 is 0 Å². The predicted octanol–water partition coefficient (Wildman–Crippen LogP) is 3.90. The minimum absolute atomic E-state index is 0.0867. The number of likely N-dealkylation sites (tertiary alicyclic amines) is 1. The largest absolute Gasteiger partial charge is 0.489 e. The SMILES string of the molecule is Cc1nnc([C@@H](C)N2CC[C@@H](Oc3ccc(Cl)c(Cl)c3)C2)o1. The summed E-state index contributed by atoms with van der Waals surface area (Å²) < 4.78 is 11.5. The van der Waals surface area contributed by atoms with E-state index in [0.29, 0.717) is 21.8 Å². The normalized spacial score (nSPS) is 20.3. The van der Waals surface area contributed by atoms with Crippen LogP contribution in [0, 0.1) is 6.92 Å². The number of rotatable bonds is 4. The first-order chi connectivity index (χ1) is 10.5. The van der Waals surface area contributed by atoms with Crippen LogP contribution in [-0.2, 0) is 0 Å². The molecule has 0 aliphatic carbocycles. The van der Waals surface area contributed by atoms with E-state index >= 15 is 0 Å². The average molecular weight is 342 g/mol. The predicted molar refractivity (Wildman–Crippen MR) is 84.5 cm³/mol. The Morgan fingerprint density at radius 3 is 2.82 bits per heavy atom. The number of benzene rings is 1. The Labute approximate surface area is 139 Å². The molecule has 2 heterocycles. The zero-order valence-electron chi connectivity index (χ0n) is 12.4. The fourth-order valence-corrected chi connectivity index (χ4v) is 2.87. The topological polar surface area (TPSA) is 51.4 Å². The number of aryl methyl sites for hydroxylation is 1. The van der Waals surface area contributed by atoms with Crippen LogP contribution in [0.5, 0.6) is 5.75 Å². The molecule has 0 saturated carbocycles. The molecule has 0 radical (unpaired) electrons. The molecular weight excluding hydrogens is 325 g/mol. The molecular formula is C15H17Cl2N3O2. The lowest BCUT2D eigenvalue weighted by Crippen LogP contribution is -2.27. The molecule has 1 aliphatic heterocycles. The van der Waals surface area contributed by atoms with Crippen LogP contribution in [0.3, 0.4) is 0 Å². The smallest absolute Gasteiger partial charge is 0.233 e. The Morgan fingerprint density at radius 2 is 2.14 bits per heavy atom. The van der Waals surface area contributed by atoms with Gasteiger partial charge in [0.1, 0.15) is 11.9 Å². The quantitative estimate of drug-likeness (QED) is 0.843. The standard InChI is InChI=1S/C15H17Cl2N3O2/c1-9(15-19-18-10(2)21-15)20-6-5-12(8-20)22-11-3-4-13(16)14(17)7-11/h3-4,7,9,12H,5-6,8H2,1-2H3/t9-,12-/m1/s1. The minimum atomic E-state index is 0.0867. The van der Waals surface area contributed by atoms with Gasteiger partial charge in [0, 0.05) is 26.1 Å². The first-order valence-corrected chi connectivity index (χ1v) is 7.94. The monoisotopic (exact) mass is 341 g/mol. The Balaban J connectivity index is 1.61. The maximum Gasteiger partial charge on any atom is 0.233 e. The van der Waals surface area contributed by atoms with Gasteiger partial charge in [0.05, 0.1) is 16.1 Å². The number of nitrogens with zero attached hydrogens (tertiary/aromatic N) is 3. The Bertz CT molecular complexity index is 662. The molecule has 1 aromatic heterocycles. The van der Waals surface area contributed by atoms with Gasteiger partial charge >= 0.3 is 0 Å². The van der Waals surface area contributed by atoms with Gasteiger partial charge in [-0.15, -0.1) is 10.2 Å². The van der Waals surface area contributed by atoms with Gasteiger partial charge in [-0.25, -0.2) is 0 Å². The molecule has 1 aliphatic rings. The third kappa shape index (κ3) is 3.37. The molecule has 1 aromatic carbocycles. The summed E-state index contributed by atoms with van der Waals surface area (Å²) in [7, 11) is 0. The van der Waals surface area contributed by atoms with Crippen LogP contribution in [0.2, 0.25) is 10.0 Å². The minimum Gasteiger partial charge on any atom is -0.489 e. The number of hydrogen-bond donors (Lipinski definition) is 0. The Morgan fingerprint density at radius 1 is 1.32 bits per heavy atom. The molecule has 7 heteroatoms. The summed E-state index contributed by atoms with van der Waals surface area (Å²) in [6.07, 6.45) is 1.06. The number of ether oxygens (including phenoxy) is 1. The van der Waals surface area contributed by atoms with Gasteiger partial charge in [0.25, 0.3) is 0 Å². The second-order valence-electron chi connectivity index (χ2n) is 5.43. The van der Waals surface area contributed by atoms with E-state index in [1.54, 1.807) is 19.1 Å². The van der Waals surface area contributed by atoms with Crippen molar-refractivity contribution in [3.05, 3.63) is 40.0 Å². The molecule has 3 rings (SSSR count).